The zero-order valence-electron chi connectivity index (χ0n) is 27.9. The van der Waals surface area contributed by atoms with Gasteiger partial charge in [-0.25, -0.2) is 0 Å². The molecule has 0 bridgehead atoms. The van der Waals surface area contributed by atoms with Crippen molar-refractivity contribution in [2.24, 2.45) is 0 Å². The molecule has 2 aliphatic carbocycles. The van der Waals surface area contributed by atoms with Crippen molar-refractivity contribution >= 4 is 30.4 Å². The van der Waals surface area contributed by atoms with Gasteiger partial charge in [-0.05, 0) is 56.6 Å². The molecule has 0 spiro atoms. The lowest BCUT2D eigenvalue weighted by molar-refractivity contribution is -0.173. The summed E-state index contributed by atoms with van der Waals surface area (Å²) in [6, 6.07) is 15.5. The summed E-state index contributed by atoms with van der Waals surface area (Å²) in [6.45, 7) is 16.6. The number of ketones is 1. The van der Waals surface area contributed by atoms with Crippen LogP contribution in [-0.2, 0) is 20.5 Å². The maximum atomic E-state index is 14.7. The maximum absolute atomic E-state index is 14.7. The van der Waals surface area contributed by atoms with Gasteiger partial charge in [-0.1, -0.05) is 63.2 Å². The first kappa shape index (κ1) is 31.8. The summed E-state index contributed by atoms with van der Waals surface area (Å²) >= 11 is 0. The van der Waals surface area contributed by atoms with Crippen molar-refractivity contribution < 1.29 is 38.0 Å². The fraction of sp³-hybridized carbons (Fsp3) is 0.472. The van der Waals surface area contributed by atoms with Crippen LogP contribution < -0.4 is 14.2 Å². The van der Waals surface area contributed by atoms with Crippen molar-refractivity contribution in [2.75, 3.05) is 14.2 Å². The minimum Gasteiger partial charge on any atom is -0.495 e. The highest BCUT2D eigenvalue weighted by Gasteiger charge is 2.71. The number of ether oxygens (including phenoxy) is 5. The molecule has 8 nitrogen and oxygen atoms in total. The lowest BCUT2D eigenvalue weighted by Gasteiger charge is -2.49. The van der Waals surface area contributed by atoms with Crippen LogP contribution in [0.15, 0.2) is 54.6 Å². The Hall–Kier alpha value is -3.21. The zero-order chi connectivity index (χ0) is 32.7. The Kier molecular flexibility index (Phi) is 7.34. The Labute approximate surface area is 266 Å². The molecule has 3 aliphatic rings. The van der Waals surface area contributed by atoms with E-state index in [1.165, 1.54) is 7.11 Å². The first-order chi connectivity index (χ1) is 21.0. The summed E-state index contributed by atoms with van der Waals surface area (Å²) in [5, 5.41) is 13.9. The summed E-state index contributed by atoms with van der Waals surface area (Å²) < 4.78 is 38.4. The summed E-state index contributed by atoms with van der Waals surface area (Å²) in [5.74, 6) is -0.348. The molecule has 6 rings (SSSR count). The van der Waals surface area contributed by atoms with E-state index in [1.807, 2.05) is 61.5 Å². The third kappa shape index (κ3) is 4.66. The Balaban J connectivity index is 1.60. The molecule has 0 unspecified atom stereocenters. The molecule has 1 N–H and O–H groups in total. The number of fused-ring (bicyclic) bond motifs is 6. The minimum atomic E-state index is -2.37. The number of aliphatic hydroxyl groups is 1. The molecule has 9 heteroatoms. The molecule has 0 aromatic heterocycles. The Bertz CT molecular complexity index is 1710. The van der Waals surface area contributed by atoms with Crippen LogP contribution in [0.1, 0.15) is 63.0 Å². The van der Waals surface area contributed by atoms with Crippen molar-refractivity contribution in [3.63, 3.8) is 0 Å². The third-order valence-electron chi connectivity index (χ3n) is 9.98. The Morgan fingerprint density at radius 3 is 2.22 bits per heavy atom. The van der Waals surface area contributed by atoms with Crippen LogP contribution in [0.4, 0.5) is 0 Å². The average molecular weight is 633 g/mol. The van der Waals surface area contributed by atoms with Gasteiger partial charge in [0, 0.05) is 16.5 Å². The van der Waals surface area contributed by atoms with E-state index in [1.54, 1.807) is 21.0 Å². The van der Waals surface area contributed by atoms with Crippen LogP contribution in [0.3, 0.4) is 0 Å². The minimum absolute atomic E-state index is 0.100. The molecule has 0 saturated carbocycles. The second-order valence-electron chi connectivity index (χ2n) is 14.4. The lowest BCUT2D eigenvalue weighted by atomic mass is 9.71. The summed E-state index contributed by atoms with van der Waals surface area (Å²) in [5.41, 5.74) is -1.19. The van der Waals surface area contributed by atoms with Gasteiger partial charge in [-0.15, -0.1) is 0 Å². The third-order valence-corrected chi connectivity index (χ3v) is 14.4. The van der Waals surface area contributed by atoms with Gasteiger partial charge in [0.2, 0.25) is 5.78 Å². The topological polar surface area (TPSA) is 92.7 Å². The fourth-order valence-electron chi connectivity index (χ4n) is 6.84. The van der Waals surface area contributed by atoms with Gasteiger partial charge >= 0.3 is 0 Å². The number of benzene rings is 3. The van der Waals surface area contributed by atoms with E-state index >= 15 is 0 Å². The average Bonchev–Trinajstić information content (AvgIpc) is 3.37. The van der Waals surface area contributed by atoms with Crippen molar-refractivity contribution in [2.45, 2.75) is 95.5 Å². The van der Waals surface area contributed by atoms with Gasteiger partial charge in [0.1, 0.15) is 35.6 Å². The number of carbonyl (C=O) groups excluding carboxylic acids is 1. The van der Waals surface area contributed by atoms with Gasteiger partial charge in [0.05, 0.1) is 31.3 Å². The monoisotopic (exact) mass is 632 g/mol. The molecule has 0 amide bonds. The highest BCUT2D eigenvalue weighted by atomic mass is 28.4. The van der Waals surface area contributed by atoms with E-state index < -0.39 is 43.3 Å². The molecule has 1 aliphatic heterocycles. The second-order valence-corrected chi connectivity index (χ2v) is 19.2. The maximum Gasteiger partial charge on any atom is 0.206 e. The first-order valence-corrected chi connectivity index (χ1v) is 18.3. The quantitative estimate of drug-likeness (QED) is 0.277. The van der Waals surface area contributed by atoms with E-state index in [0.29, 0.717) is 45.8 Å². The molecule has 45 heavy (non-hydrogen) atoms. The number of Topliss-reactive ketones (excluding diaryl/α,β-unsaturated/α-hetero) is 1. The van der Waals surface area contributed by atoms with Crippen LogP contribution in [-0.4, -0.2) is 62.6 Å². The Morgan fingerprint density at radius 1 is 0.933 bits per heavy atom. The van der Waals surface area contributed by atoms with Crippen molar-refractivity contribution in [3.05, 3.63) is 71.3 Å². The number of carbonyl (C=O) groups is 1. The number of hydrogen-bond donors (Lipinski definition) is 1. The SMILES string of the molecule is COc1c2c(c(OC)c3c(OCc4ccccc4)cccc13)C(=O)[C@@]1(O)C2=C[C@@H](O[Si](C)(C)C(C)(C)C)[C@]2(C)OC(C)(C)O[C@H]12. The molecule has 1 saturated heterocycles. The predicted molar refractivity (Wildman–Crippen MR) is 176 cm³/mol. The smallest absolute Gasteiger partial charge is 0.206 e. The normalized spacial score (nSPS) is 27.1. The van der Waals surface area contributed by atoms with E-state index in [4.69, 9.17) is 28.1 Å². The van der Waals surface area contributed by atoms with Crippen LogP contribution in [0.5, 0.6) is 17.2 Å². The van der Waals surface area contributed by atoms with Crippen LogP contribution in [0, 0.1) is 0 Å². The molecule has 3 aromatic carbocycles. The fourth-order valence-corrected chi connectivity index (χ4v) is 8.13. The second kappa shape index (κ2) is 10.4. The van der Waals surface area contributed by atoms with Crippen LogP contribution in [0.2, 0.25) is 18.1 Å². The van der Waals surface area contributed by atoms with E-state index in [-0.39, 0.29) is 10.6 Å². The highest BCUT2D eigenvalue weighted by Crippen LogP contribution is 2.61. The summed E-state index contributed by atoms with van der Waals surface area (Å²) in [7, 11) is 0.719. The lowest BCUT2D eigenvalue weighted by Crippen LogP contribution is -2.65. The van der Waals surface area contributed by atoms with Gasteiger partial charge in [-0.3, -0.25) is 4.79 Å². The standard InChI is InChI=1S/C36H44O8Si/c1-33(2,3)45(9,10)43-25-19-23-27-28(31(37)36(23,38)32-35(25,6)44-34(4,5)42-32)30(40-8)26-22(29(27)39-7)17-14-18-24(26)41-20-21-15-12-11-13-16-21/h11-19,25,32,38H,20H2,1-10H3/t25-,32+,35+,36+/m1/s1. The first-order valence-electron chi connectivity index (χ1n) is 15.4. The van der Waals surface area contributed by atoms with E-state index in [9.17, 15) is 9.90 Å². The van der Waals surface area contributed by atoms with E-state index in [0.717, 1.165) is 5.56 Å². The molecule has 1 fully saturated rings. The zero-order valence-corrected chi connectivity index (χ0v) is 28.9. The molecule has 3 aromatic rings. The van der Waals surface area contributed by atoms with Gasteiger partial charge in [0.25, 0.3) is 0 Å². The molecule has 0 radical (unpaired) electrons. The number of hydrogen-bond acceptors (Lipinski definition) is 8. The van der Waals surface area contributed by atoms with Crippen LogP contribution in [0.25, 0.3) is 16.3 Å². The van der Waals surface area contributed by atoms with E-state index in [2.05, 4.69) is 33.9 Å². The number of rotatable bonds is 7. The predicted octanol–water partition coefficient (Wildman–Crippen LogP) is 7.06. The molecular formula is C36H44O8Si. The van der Waals surface area contributed by atoms with Crippen molar-refractivity contribution in [3.8, 4) is 17.2 Å². The summed E-state index contributed by atoms with van der Waals surface area (Å²) in [6.07, 6.45) is 0.168. The molecule has 1 heterocycles. The molecule has 240 valence electrons. The van der Waals surface area contributed by atoms with Crippen molar-refractivity contribution in [1.29, 1.82) is 0 Å². The summed E-state index contributed by atoms with van der Waals surface area (Å²) in [4.78, 5) is 14.7. The van der Waals surface area contributed by atoms with Crippen LogP contribution >= 0.6 is 0 Å². The van der Waals surface area contributed by atoms with Gasteiger partial charge in [-0.2, -0.15) is 0 Å². The molecular weight excluding hydrogens is 588 g/mol. The van der Waals surface area contributed by atoms with Gasteiger partial charge in [0.15, 0.2) is 19.7 Å². The Morgan fingerprint density at radius 2 is 1.60 bits per heavy atom. The largest absolute Gasteiger partial charge is 0.495 e. The molecule has 4 atom stereocenters. The highest BCUT2D eigenvalue weighted by molar-refractivity contribution is 6.74. The number of methoxy groups -OCH3 is 2. The van der Waals surface area contributed by atoms with Crippen molar-refractivity contribution in [1.82, 2.24) is 0 Å². The van der Waals surface area contributed by atoms with Gasteiger partial charge < -0.3 is 33.2 Å².